The van der Waals surface area contributed by atoms with Gasteiger partial charge in [0.1, 0.15) is 6.54 Å². The van der Waals surface area contributed by atoms with Gasteiger partial charge in [-0.1, -0.05) is 13.0 Å². The molecule has 0 aliphatic heterocycles. The summed E-state index contributed by atoms with van der Waals surface area (Å²) in [5, 5.41) is 18.1. The van der Waals surface area contributed by atoms with Crippen molar-refractivity contribution in [3.05, 3.63) is 11.6 Å². The van der Waals surface area contributed by atoms with Gasteiger partial charge in [-0.15, -0.1) is 0 Å². The zero-order valence-corrected chi connectivity index (χ0v) is 9.46. The summed E-state index contributed by atoms with van der Waals surface area (Å²) in [5.74, 6) is -1.08. The summed E-state index contributed by atoms with van der Waals surface area (Å²) in [7, 11) is 4.02. The van der Waals surface area contributed by atoms with E-state index in [-0.39, 0.29) is 0 Å². The number of nitrogens with one attached hydrogen (secondary N) is 1. The number of carboxylic acid groups (broad SMARTS) is 1. The molecule has 14 heavy (non-hydrogen) atoms. The van der Waals surface area contributed by atoms with Crippen LogP contribution in [-0.4, -0.2) is 38.3 Å². The fourth-order valence-corrected chi connectivity index (χ4v) is 0.613. The van der Waals surface area contributed by atoms with Gasteiger partial charge in [-0.25, -0.2) is 0 Å². The maximum absolute atomic E-state index is 9.91. The Labute approximate surface area is 85.8 Å². The van der Waals surface area contributed by atoms with Crippen LogP contribution in [0.25, 0.3) is 0 Å². The number of hydrogen-bond donors (Lipinski definition) is 2. The molecule has 0 unspecified atom stereocenters. The minimum absolute atomic E-state index is 0.294. The second kappa shape index (κ2) is 10.2. The Bertz CT molecular complexity index is 176. The van der Waals surface area contributed by atoms with Gasteiger partial charge in [0.15, 0.2) is 0 Å². The highest BCUT2D eigenvalue weighted by Gasteiger charge is 1.84. The first-order valence-electron chi connectivity index (χ1n) is 4.73. The van der Waals surface area contributed by atoms with Crippen LogP contribution < -0.4 is 10.0 Å². The minimum Gasteiger partial charge on any atom is -0.545 e. The average Bonchev–Trinajstić information content (AvgIpc) is 2.05. The fraction of sp³-hybridized carbons (Fsp3) is 0.700. The van der Waals surface area contributed by atoms with E-state index in [1.165, 1.54) is 11.8 Å². The van der Waals surface area contributed by atoms with E-state index in [0.29, 0.717) is 12.2 Å². The topological polar surface area (TPSA) is 64.8 Å². The molecule has 0 saturated carbocycles. The first-order chi connectivity index (χ1) is 6.45. The molecule has 0 rings (SSSR count). The van der Waals surface area contributed by atoms with E-state index >= 15 is 0 Å². The van der Waals surface area contributed by atoms with Gasteiger partial charge < -0.3 is 19.9 Å². The highest BCUT2D eigenvalue weighted by Crippen LogP contribution is 1.90. The van der Waals surface area contributed by atoms with Crippen molar-refractivity contribution in [3.63, 3.8) is 0 Å². The maximum atomic E-state index is 9.91. The van der Waals surface area contributed by atoms with Crippen LogP contribution in [0, 0.1) is 0 Å². The lowest BCUT2D eigenvalue weighted by molar-refractivity contribution is -0.858. The highest BCUT2D eigenvalue weighted by atomic mass is 16.4. The van der Waals surface area contributed by atoms with Crippen molar-refractivity contribution in [2.45, 2.75) is 20.3 Å². The molecule has 84 valence electrons. The molecule has 0 aliphatic carbocycles. The zero-order valence-electron chi connectivity index (χ0n) is 9.46. The van der Waals surface area contributed by atoms with E-state index in [9.17, 15) is 9.90 Å². The number of allylic oxidation sites excluding steroid dienone is 1. The molecule has 0 aliphatic rings. The van der Waals surface area contributed by atoms with E-state index in [2.05, 4.69) is 0 Å². The number of hydrogen-bond acceptors (Lipinski definition) is 3. The third-order valence-electron chi connectivity index (χ3n) is 1.44. The van der Waals surface area contributed by atoms with Crippen LogP contribution in [0.3, 0.4) is 0 Å². The Hall–Kier alpha value is -0.870. The second-order valence-electron chi connectivity index (χ2n) is 3.26. The molecule has 2 N–H and O–H groups in total. The van der Waals surface area contributed by atoms with Gasteiger partial charge in [0, 0.05) is 0 Å². The summed E-state index contributed by atoms with van der Waals surface area (Å²) >= 11 is 0. The normalized spacial score (nSPS) is 10.9. The van der Waals surface area contributed by atoms with E-state index < -0.39 is 5.97 Å². The molecular weight excluding hydrogens is 182 g/mol. The fourth-order valence-electron chi connectivity index (χ4n) is 0.613. The molecule has 0 saturated heterocycles. The van der Waals surface area contributed by atoms with Crippen LogP contribution in [0.4, 0.5) is 0 Å². The molecule has 0 heterocycles. The molecule has 0 bridgehead atoms. The first-order valence-corrected chi connectivity index (χ1v) is 4.73. The summed E-state index contributed by atoms with van der Waals surface area (Å²) in [4.78, 5) is 11.2. The standard InChI is InChI=1S/C6H10O2.C4H11NO/c1-3-4-5(2)6(7)8;1-5(2)3-4-6/h4H,3H2,1-2H3,(H,7,8);6H,3-4H2,1-2H3/b5-4+;. The van der Waals surface area contributed by atoms with Crippen LogP contribution in [0.5, 0.6) is 0 Å². The van der Waals surface area contributed by atoms with Crippen LogP contribution in [-0.2, 0) is 4.79 Å². The van der Waals surface area contributed by atoms with Gasteiger partial charge in [0.25, 0.3) is 0 Å². The lowest BCUT2D eigenvalue weighted by Crippen LogP contribution is -3.06. The monoisotopic (exact) mass is 203 g/mol. The number of quaternary nitrogens is 1. The first kappa shape index (κ1) is 15.6. The summed E-state index contributed by atoms with van der Waals surface area (Å²) in [6.07, 6.45) is 2.37. The van der Waals surface area contributed by atoms with Gasteiger partial charge in [-0.05, 0) is 18.9 Å². The molecule has 0 fully saturated rings. The van der Waals surface area contributed by atoms with Gasteiger partial charge in [0.2, 0.25) is 0 Å². The third-order valence-corrected chi connectivity index (χ3v) is 1.44. The van der Waals surface area contributed by atoms with Gasteiger partial charge in [-0.3, -0.25) is 0 Å². The maximum Gasteiger partial charge on any atom is 0.100 e. The smallest absolute Gasteiger partial charge is 0.100 e. The van der Waals surface area contributed by atoms with Gasteiger partial charge in [0.05, 0.1) is 26.7 Å². The van der Waals surface area contributed by atoms with Crippen molar-refractivity contribution in [1.82, 2.24) is 0 Å². The molecule has 4 nitrogen and oxygen atoms in total. The number of aliphatic carboxylic acids is 1. The Kier molecular flexibility index (Phi) is 11.4. The van der Waals surface area contributed by atoms with E-state index in [1.807, 2.05) is 21.0 Å². The molecule has 0 aromatic heterocycles. The van der Waals surface area contributed by atoms with E-state index in [4.69, 9.17) is 5.11 Å². The lowest BCUT2D eigenvalue weighted by atomic mass is 10.2. The Balaban J connectivity index is 0. The number of likely N-dealkylation sites (N-methyl/N-ethyl adjacent to an activating group) is 1. The van der Waals surface area contributed by atoms with Crippen LogP contribution >= 0.6 is 0 Å². The van der Waals surface area contributed by atoms with Crippen LogP contribution in [0.15, 0.2) is 11.6 Å². The van der Waals surface area contributed by atoms with E-state index in [0.717, 1.165) is 13.0 Å². The molecule has 0 aromatic rings. The highest BCUT2D eigenvalue weighted by molar-refractivity contribution is 5.83. The summed E-state index contributed by atoms with van der Waals surface area (Å²) in [6.45, 7) is 4.55. The molecular formula is C10H21NO3. The number of carboxylic acids is 1. The van der Waals surface area contributed by atoms with Crippen molar-refractivity contribution >= 4 is 5.97 Å². The minimum atomic E-state index is -1.08. The zero-order chi connectivity index (χ0) is 11.6. The number of aliphatic hydroxyl groups is 1. The molecule has 0 atom stereocenters. The quantitative estimate of drug-likeness (QED) is 0.531. The predicted octanol–water partition coefficient (Wildman–Crippen LogP) is -1.78. The summed E-state index contributed by atoms with van der Waals surface area (Å²) < 4.78 is 0. The summed E-state index contributed by atoms with van der Waals surface area (Å²) in [6, 6.07) is 0. The Morgan fingerprint density at radius 1 is 1.50 bits per heavy atom. The van der Waals surface area contributed by atoms with Crippen molar-refractivity contribution in [2.24, 2.45) is 0 Å². The third kappa shape index (κ3) is 13.7. The Morgan fingerprint density at radius 3 is 2.07 bits per heavy atom. The second-order valence-corrected chi connectivity index (χ2v) is 3.26. The van der Waals surface area contributed by atoms with Crippen molar-refractivity contribution < 1.29 is 19.9 Å². The number of rotatable bonds is 4. The SMILES string of the molecule is CC/C=C(\C)C(=O)[O-].C[NH+](C)CCO. The van der Waals surface area contributed by atoms with Crippen molar-refractivity contribution in [2.75, 3.05) is 27.2 Å². The van der Waals surface area contributed by atoms with Gasteiger partial charge in [-0.2, -0.15) is 0 Å². The van der Waals surface area contributed by atoms with E-state index in [1.54, 1.807) is 6.08 Å². The number of carbonyl (C=O) groups is 1. The average molecular weight is 203 g/mol. The molecule has 0 amide bonds. The number of aliphatic hydroxyl groups excluding tert-OH is 1. The predicted molar refractivity (Wildman–Crippen MR) is 53.8 cm³/mol. The van der Waals surface area contributed by atoms with Gasteiger partial charge >= 0.3 is 0 Å². The Morgan fingerprint density at radius 2 is 2.00 bits per heavy atom. The summed E-state index contributed by atoms with van der Waals surface area (Å²) in [5.41, 5.74) is 0.313. The lowest BCUT2D eigenvalue weighted by Gasteiger charge is -2.00. The van der Waals surface area contributed by atoms with Crippen LogP contribution in [0.2, 0.25) is 0 Å². The number of carbonyl (C=O) groups excluding carboxylic acids is 1. The largest absolute Gasteiger partial charge is 0.545 e. The molecule has 0 spiro atoms. The van der Waals surface area contributed by atoms with Crippen LogP contribution in [0.1, 0.15) is 20.3 Å². The van der Waals surface area contributed by atoms with Crippen molar-refractivity contribution in [1.29, 1.82) is 0 Å². The molecule has 0 aromatic carbocycles. The van der Waals surface area contributed by atoms with Crippen molar-refractivity contribution in [3.8, 4) is 0 Å². The molecule has 0 radical (unpaired) electrons. The molecule has 4 heteroatoms.